The van der Waals surface area contributed by atoms with Crippen molar-refractivity contribution in [2.45, 2.75) is 12.6 Å². The van der Waals surface area contributed by atoms with Crippen LogP contribution in [0.25, 0.3) is 21.5 Å². The van der Waals surface area contributed by atoms with E-state index in [4.69, 9.17) is 9.40 Å². The Morgan fingerprint density at radius 1 is 1.00 bits per heavy atom. The van der Waals surface area contributed by atoms with Crippen LogP contribution in [0.15, 0.2) is 93.7 Å². The number of hydrogen-bond donors (Lipinski definition) is 1. The molecule has 2 aromatic carbocycles. The molecule has 154 valence electrons. The lowest BCUT2D eigenvalue weighted by Crippen LogP contribution is -2.27. The maximum Gasteiger partial charge on any atom is 0.260 e. The first-order valence-corrected chi connectivity index (χ1v) is 10.9. The Balaban J connectivity index is 1.50. The van der Waals surface area contributed by atoms with Crippen LogP contribution in [0.2, 0.25) is 0 Å². The lowest BCUT2D eigenvalue weighted by molar-refractivity contribution is 0.264. The van der Waals surface area contributed by atoms with Gasteiger partial charge in [0.05, 0.1) is 24.2 Å². The molecule has 5 nitrogen and oxygen atoms in total. The Hall–Kier alpha value is -3.48. The molecule has 0 fully saturated rings. The van der Waals surface area contributed by atoms with Crippen molar-refractivity contribution in [3.8, 4) is 11.3 Å². The zero-order chi connectivity index (χ0) is 21.2. The molecule has 31 heavy (non-hydrogen) atoms. The summed E-state index contributed by atoms with van der Waals surface area (Å²) in [5.41, 5.74) is 3.02. The number of nitrogens with one attached hydrogen (secondary N) is 1. The van der Waals surface area contributed by atoms with Crippen LogP contribution in [-0.4, -0.2) is 21.9 Å². The van der Waals surface area contributed by atoms with Crippen molar-refractivity contribution in [3.05, 3.63) is 112 Å². The van der Waals surface area contributed by atoms with Crippen LogP contribution in [0.5, 0.6) is 0 Å². The zero-order valence-corrected chi connectivity index (χ0v) is 17.8. The highest BCUT2D eigenvalue weighted by Gasteiger charge is 2.21. The molecule has 0 amide bonds. The van der Waals surface area contributed by atoms with Crippen LogP contribution in [0, 0.1) is 0 Å². The van der Waals surface area contributed by atoms with Crippen LogP contribution in [-0.2, 0) is 6.54 Å². The maximum atomic E-state index is 12.9. The van der Waals surface area contributed by atoms with Gasteiger partial charge < -0.3 is 9.40 Å². The minimum atomic E-state index is -0.142. The molecule has 0 aliphatic rings. The minimum absolute atomic E-state index is 0.0467. The lowest BCUT2D eigenvalue weighted by Gasteiger charge is -2.28. The van der Waals surface area contributed by atoms with Gasteiger partial charge in [-0.15, -0.1) is 11.3 Å². The summed E-state index contributed by atoms with van der Waals surface area (Å²) < 4.78 is 5.48. The van der Waals surface area contributed by atoms with Crippen molar-refractivity contribution in [1.82, 2.24) is 14.9 Å². The van der Waals surface area contributed by atoms with Gasteiger partial charge in [-0.1, -0.05) is 60.7 Å². The fourth-order valence-electron chi connectivity index (χ4n) is 3.98. The number of hydrogen-bond acceptors (Lipinski definition) is 5. The maximum absolute atomic E-state index is 12.9. The van der Waals surface area contributed by atoms with E-state index in [0.717, 1.165) is 10.4 Å². The van der Waals surface area contributed by atoms with Crippen molar-refractivity contribution in [3.63, 3.8) is 0 Å². The molecule has 3 heterocycles. The van der Waals surface area contributed by atoms with Crippen molar-refractivity contribution in [1.29, 1.82) is 0 Å². The van der Waals surface area contributed by atoms with Crippen LogP contribution in [0.1, 0.15) is 23.0 Å². The zero-order valence-electron chi connectivity index (χ0n) is 17.0. The van der Waals surface area contributed by atoms with Gasteiger partial charge in [0.15, 0.2) is 0 Å². The second-order valence-electron chi connectivity index (χ2n) is 7.46. The Morgan fingerprint density at radius 3 is 2.29 bits per heavy atom. The highest BCUT2D eigenvalue weighted by molar-refractivity contribution is 7.17. The van der Waals surface area contributed by atoms with E-state index >= 15 is 0 Å². The average molecular weight is 428 g/mol. The summed E-state index contributed by atoms with van der Waals surface area (Å²) in [5.74, 6) is 1.32. The number of fused-ring (bicyclic) bond motifs is 1. The smallest absolute Gasteiger partial charge is 0.260 e. The van der Waals surface area contributed by atoms with Crippen molar-refractivity contribution in [2.75, 3.05) is 7.05 Å². The summed E-state index contributed by atoms with van der Waals surface area (Å²) in [6.45, 7) is 0.508. The van der Waals surface area contributed by atoms with Gasteiger partial charge >= 0.3 is 0 Å². The number of nitrogens with zero attached hydrogens (tertiary/aromatic N) is 2. The fraction of sp³-hybridized carbons (Fsp3) is 0.120. The lowest BCUT2D eigenvalue weighted by atomic mass is 9.97. The SMILES string of the molecule is CN(Cc1nc2scc(-c3ccco3)c2c(=O)[nH]1)C(c1ccccc1)c1ccccc1. The van der Waals surface area contributed by atoms with Gasteiger partial charge in [0.25, 0.3) is 5.56 Å². The first-order chi connectivity index (χ1) is 15.2. The molecule has 0 radical (unpaired) electrons. The molecule has 6 heteroatoms. The van der Waals surface area contributed by atoms with Crippen LogP contribution in [0.3, 0.4) is 0 Å². The Bertz CT molecular complexity index is 1300. The molecule has 0 aliphatic carbocycles. The largest absolute Gasteiger partial charge is 0.464 e. The summed E-state index contributed by atoms with van der Waals surface area (Å²) in [6, 6.07) is 24.5. The van der Waals surface area contributed by atoms with E-state index in [1.54, 1.807) is 6.26 Å². The molecule has 5 rings (SSSR count). The van der Waals surface area contributed by atoms with Gasteiger partial charge in [-0.25, -0.2) is 4.98 Å². The summed E-state index contributed by atoms with van der Waals surface area (Å²) in [6.07, 6.45) is 1.61. The van der Waals surface area contributed by atoms with Gasteiger partial charge in [0, 0.05) is 10.9 Å². The van der Waals surface area contributed by atoms with Gasteiger partial charge in [-0.05, 0) is 30.3 Å². The van der Waals surface area contributed by atoms with E-state index in [1.165, 1.54) is 22.5 Å². The molecule has 0 aliphatic heterocycles. The fourth-order valence-corrected chi connectivity index (χ4v) is 4.93. The molecular weight excluding hydrogens is 406 g/mol. The monoisotopic (exact) mass is 427 g/mol. The standard InChI is InChI=1S/C25H21N3O2S/c1-28(23(17-9-4-2-5-10-17)18-11-6-3-7-12-18)15-21-26-24(29)22-19(16-31-25(22)27-21)20-13-8-14-30-20/h2-14,16,23H,15H2,1H3,(H,26,27,29). The first kappa shape index (κ1) is 19.5. The minimum Gasteiger partial charge on any atom is -0.464 e. The molecule has 1 N–H and O–H groups in total. The normalized spacial score (nSPS) is 11.6. The van der Waals surface area contributed by atoms with Crippen molar-refractivity contribution >= 4 is 21.6 Å². The predicted molar refractivity (Wildman–Crippen MR) is 124 cm³/mol. The molecule has 3 aromatic heterocycles. The van der Waals surface area contributed by atoms with E-state index in [0.29, 0.717) is 23.5 Å². The van der Waals surface area contributed by atoms with Gasteiger partial charge in [-0.2, -0.15) is 0 Å². The second-order valence-corrected chi connectivity index (χ2v) is 8.32. The number of aromatic nitrogens is 2. The van der Waals surface area contributed by atoms with Gasteiger partial charge in [0.2, 0.25) is 0 Å². The topological polar surface area (TPSA) is 62.1 Å². The Morgan fingerprint density at radius 2 is 1.68 bits per heavy atom. The van der Waals surface area contributed by atoms with Crippen molar-refractivity contribution in [2.24, 2.45) is 0 Å². The van der Waals surface area contributed by atoms with E-state index in [1.807, 2.05) is 53.9 Å². The van der Waals surface area contributed by atoms with E-state index in [-0.39, 0.29) is 11.6 Å². The third-order valence-corrected chi connectivity index (χ3v) is 6.22. The Labute approximate surface area is 183 Å². The van der Waals surface area contributed by atoms with Gasteiger partial charge in [0.1, 0.15) is 16.4 Å². The predicted octanol–water partition coefficient (Wildman–Crippen LogP) is 5.47. The quantitative estimate of drug-likeness (QED) is 0.391. The van der Waals surface area contributed by atoms with E-state index < -0.39 is 0 Å². The highest BCUT2D eigenvalue weighted by atomic mass is 32.1. The van der Waals surface area contributed by atoms with E-state index in [2.05, 4.69) is 41.2 Å². The number of H-pyrrole nitrogens is 1. The molecule has 0 spiro atoms. The summed E-state index contributed by atoms with van der Waals surface area (Å²) in [4.78, 5) is 23.6. The third-order valence-electron chi connectivity index (χ3n) is 5.35. The third kappa shape index (κ3) is 3.83. The number of thiophene rings is 1. The van der Waals surface area contributed by atoms with Crippen LogP contribution < -0.4 is 5.56 Å². The molecular formula is C25H21N3O2S. The van der Waals surface area contributed by atoms with Crippen LogP contribution in [0.4, 0.5) is 0 Å². The molecule has 5 aromatic rings. The van der Waals surface area contributed by atoms with Gasteiger partial charge in [-0.3, -0.25) is 9.69 Å². The molecule has 0 bridgehead atoms. The Kier molecular flexibility index (Phi) is 5.24. The first-order valence-electron chi connectivity index (χ1n) is 10.0. The second kappa shape index (κ2) is 8.34. The molecule has 0 saturated heterocycles. The molecule has 0 saturated carbocycles. The van der Waals surface area contributed by atoms with E-state index in [9.17, 15) is 4.79 Å². The number of aromatic amines is 1. The number of benzene rings is 2. The van der Waals surface area contributed by atoms with Crippen molar-refractivity contribution < 1.29 is 4.42 Å². The summed E-state index contributed by atoms with van der Waals surface area (Å²) in [5, 5.41) is 2.50. The number of rotatable bonds is 6. The summed E-state index contributed by atoms with van der Waals surface area (Å²) in [7, 11) is 2.05. The average Bonchev–Trinajstić information content (AvgIpc) is 3.45. The highest BCUT2D eigenvalue weighted by Crippen LogP contribution is 2.32. The molecule has 0 atom stereocenters. The molecule has 0 unspecified atom stereocenters. The summed E-state index contributed by atoms with van der Waals surface area (Å²) >= 11 is 1.46. The van der Waals surface area contributed by atoms with Crippen LogP contribution >= 0.6 is 11.3 Å². The number of furan rings is 1.